The van der Waals surface area contributed by atoms with Gasteiger partial charge in [-0.1, -0.05) is 13.3 Å². The van der Waals surface area contributed by atoms with Gasteiger partial charge in [-0.25, -0.2) is 27.7 Å². The molecular weight excluding hydrogens is 396 g/mol. The Morgan fingerprint density at radius 2 is 1.96 bits per heavy atom. The lowest BCUT2D eigenvalue weighted by Crippen LogP contribution is -2.27. The standard InChI is InChI=1S/C18H26N6O2S2/c1-5-6-11-24(3)28(25,26)15-9-7-14(8-10-15)23-17-16(20-12-19)18(27-4)22-13(2)21-17/h7-10,12H,5-6,11H2,1-4H3,(H2,19,20)(H,21,22,23). The van der Waals surface area contributed by atoms with Crippen molar-refractivity contribution in [3.8, 4) is 0 Å². The van der Waals surface area contributed by atoms with Crippen LogP contribution in [0.2, 0.25) is 0 Å². The van der Waals surface area contributed by atoms with E-state index in [0.717, 1.165) is 12.8 Å². The zero-order valence-electron chi connectivity index (χ0n) is 16.5. The zero-order chi connectivity index (χ0) is 20.7. The summed E-state index contributed by atoms with van der Waals surface area (Å²) in [5.41, 5.74) is 6.69. The summed E-state index contributed by atoms with van der Waals surface area (Å²) < 4.78 is 26.6. The second-order valence-corrected chi connectivity index (χ2v) is 8.92. The highest BCUT2D eigenvalue weighted by molar-refractivity contribution is 7.98. The van der Waals surface area contributed by atoms with Crippen LogP contribution in [0.4, 0.5) is 17.2 Å². The molecule has 0 aliphatic rings. The molecule has 2 aromatic rings. The summed E-state index contributed by atoms with van der Waals surface area (Å²) in [5, 5.41) is 3.88. The van der Waals surface area contributed by atoms with Crippen LogP contribution in [0, 0.1) is 6.92 Å². The van der Waals surface area contributed by atoms with Crippen LogP contribution < -0.4 is 11.1 Å². The minimum absolute atomic E-state index is 0.250. The number of sulfonamides is 1. The molecule has 0 saturated carbocycles. The monoisotopic (exact) mass is 422 g/mol. The van der Waals surface area contributed by atoms with E-state index in [1.165, 1.54) is 22.4 Å². The Bertz CT molecular complexity index is 930. The first-order chi connectivity index (χ1) is 13.3. The number of thioether (sulfide) groups is 1. The van der Waals surface area contributed by atoms with E-state index in [1.807, 2.05) is 13.2 Å². The summed E-state index contributed by atoms with van der Waals surface area (Å²) in [6, 6.07) is 6.56. The van der Waals surface area contributed by atoms with Crippen molar-refractivity contribution in [2.45, 2.75) is 36.6 Å². The van der Waals surface area contributed by atoms with Gasteiger partial charge < -0.3 is 11.1 Å². The Morgan fingerprint density at radius 1 is 1.29 bits per heavy atom. The third-order valence-electron chi connectivity index (χ3n) is 4.01. The van der Waals surface area contributed by atoms with E-state index >= 15 is 0 Å². The molecule has 0 atom stereocenters. The largest absolute Gasteiger partial charge is 0.390 e. The summed E-state index contributed by atoms with van der Waals surface area (Å²) in [6.45, 7) is 4.32. The van der Waals surface area contributed by atoms with Gasteiger partial charge in [0.2, 0.25) is 10.0 Å². The number of benzene rings is 1. The third-order valence-corrected chi connectivity index (χ3v) is 6.56. The fraction of sp³-hybridized carbons (Fsp3) is 0.389. The lowest BCUT2D eigenvalue weighted by molar-refractivity contribution is 0.459. The molecule has 10 heteroatoms. The van der Waals surface area contributed by atoms with E-state index in [0.29, 0.717) is 34.6 Å². The van der Waals surface area contributed by atoms with E-state index in [4.69, 9.17) is 5.73 Å². The maximum Gasteiger partial charge on any atom is 0.242 e. The third kappa shape index (κ3) is 5.21. The lowest BCUT2D eigenvalue weighted by atomic mass is 10.3. The van der Waals surface area contributed by atoms with Crippen LogP contribution >= 0.6 is 11.8 Å². The van der Waals surface area contributed by atoms with Gasteiger partial charge in [-0.15, -0.1) is 11.8 Å². The van der Waals surface area contributed by atoms with Gasteiger partial charge in [-0.2, -0.15) is 0 Å². The lowest BCUT2D eigenvalue weighted by Gasteiger charge is -2.17. The number of aryl methyl sites for hydroxylation is 1. The predicted molar refractivity (Wildman–Crippen MR) is 115 cm³/mol. The van der Waals surface area contributed by atoms with E-state index in [-0.39, 0.29) is 4.90 Å². The van der Waals surface area contributed by atoms with Crippen LogP contribution in [0.25, 0.3) is 0 Å². The summed E-state index contributed by atoms with van der Waals surface area (Å²) in [4.78, 5) is 13.2. The molecule has 152 valence electrons. The molecule has 8 nitrogen and oxygen atoms in total. The normalized spacial score (nSPS) is 12.0. The van der Waals surface area contributed by atoms with Crippen molar-refractivity contribution < 1.29 is 8.42 Å². The number of nitrogens with zero attached hydrogens (tertiary/aromatic N) is 4. The van der Waals surface area contributed by atoms with Gasteiger partial charge in [0.05, 0.1) is 11.2 Å². The summed E-state index contributed by atoms with van der Waals surface area (Å²) >= 11 is 1.44. The molecule has 1 heterocycles. The highest BCUT2D eigenvalue weighted by Gasteiger charge is 2.20. The van der Waals surface area contributed by atoms with Crippen LogP contribution in [0.15, 0.2) is 39.2 Å². The van der Waals surface area contributed by atoms with Crippen molar-refractivity contribution in [3.05, 3.63) is 30.1 Å². The Morgan fingerprint density at radius 3 is 2.54 bits per heavy atom. The molecule has 0 spiro atoms. The predicted octanol–water partition coefficient (Wildman–Crippen LogP) is 3.29. The molecular formula is C18H26N6O2S2. The van der Waals surface area contributed by atoms with E-state index < -0.39 is 10.0 Å². The number of nitrogens with two attached hydrogens (primary N) is 1. The van der Waals surface area contributed by atoms with Gasteiger partial charge >= 0.3 is 0 Å². The topological polar surface area (TPSA) is 114 Å². The molecule has 0 fully saturated rings. The second kappa shape index (κ2) is 9.85. The van der Waals surface area contributed by atoms with Crippen molar-refractivity contribution in [2.24, 2.45) is 10.7 Å². The number of hydrogen-bond acceptors (Lipinski definition) is 7. The number of rotatable bonds is 9. The molecule has 2 rings (SSSR count). The van der Waals surface area contributed by atoms with Gasteiger partial charge in [0.1, 0.15) is 16.5 Å². The molecule has 0 saturated heterocycles. The average Bonchev–Trinajstić information content (AvgIpc) is 2.68. The highest BCUT2D eigenvalue weighted by Crippen LogP contribution is 2.34. The van der Waals surface area contributed by atoms with E-state index in [9.17, 15) is 8.42 Å². The second-order valence-electron chi connectivity index (χ2n) is 6.08. The molecule has 0 radical (unpaired) electrons. The first-order valence-corrected chi connectivity index (χ1v) is 11.5. The molecule has 28 heavy (non-hydrogen) atoms. The van der Waals surface area contributed by atoms with Gasteiger partial charge in [0.15, 0.2) is 5.82 Å². The van der Waals surface area contributed by atoms with Gasteiger partial charge in [0, 0.05) is 19.3 Å². The highest BCUT2D eigenvalue weighted by atomic mass is 32.2. The smallest absolute Gasteiger partial charge is 0.242 e. The van der Waals surface area contributed by atoms with Gasteiger partial charge in [-0.3, -0.25) is 0 Å². The number of nitrogens with one attached hydrogen (secondary N) is 1. The summed E-state index contributed by atoms with van der Waals surface area (Å²) in [6.07, 6.45) is 4.86. The molecule has 1 aromatic carbocycles. The van der Waals surface area contributed by atoms with Crippen molar-refractivity contribution in [1.29, 1.82) is 0 Å². The van der Waals surface area contributed by atoms with Crippen LogP contribution in [0.5, 0.6) is 0 Å². The van der Waals surface area contributed by atoms with Crippen molar-refractivity contribution in [2.75, 3.05) is 25.2 Å². The molecule has 0 bridgehead atoms. The molecule has 1 aromatic heterocycles. The molecule has 0 aliphatic heterocycles. The Balaban J connectivity index is 2.29. The first kappa shape index (κ1) is 22.1. The summed E-state index contributed by atoms with van der Waals surface area (Å²) in [5.74, 6) is 1.11. The number of aromatic nitrogens is 2. The fourth-order valence-electron chi connectivity index (χ4n) is 2.49. The molecule has 3 N–H and O–H groups in total. The quantitative estimate of drug-likeness (QED) is 0.276. The molecule has 0 unspecified atom stereocenters. The Hall–Kier alpha value is -2.17. The van der Waals surface area contributed by atoms with E-state index in [2.05, 4.69) is 20.3 Å². The van der Waals surface area contributed by atoms with E-state index in [1.54, 1.807) is 38.2 Å². The van der Waals surface area contributed by atoms with Crippen LogP contribution in [0.3, 0.4) is 0 Å². The molecule has 0 amide bonds. The van der Waals surface area contributed by atoms with Crippen molar-refractivity contribution in [1.82, 2.24) is 14.3 Å². The fourth-order valence-corrected chi connectivity index (χ4v) is 4.26. The number of aliphatic imine (C=N–C) groups is 1. The Kier molecular flexibility index (Phi) is 7.78. The zero-order valence-corrected chi connectivity index (χ0v) is 18.1. The van der Waals surface area contributed by atoms with Crippen LogP contribution in [-0.4, -0.2) is 48.9 Å². The maximum absolute atomic E-state index is 12.6. The van der Waals surface area contributed by atoms with Crippen molar-refractivity contribution in [3.63, 3.8) is 0 Å². The first-order valence-electron chi connectivity index (χ1n) is 8.83. The minimum atomic E-state index is -3.50. The maximum atomic E-state index is 12.6. The minimum Gasteiger partial charge on any atom is -0.390 e. The number of anilines is 2. The van der Waals surface area contributed by atoms with Crippen molar-refractivity contribution >= 4 is 45.3 Å². The SMILES string of the molecule is CCCCN(C)S(=O)(=O)c1ccc(Nc2nc(C)nc(SC)c2N=CN)cc1. The van der Waals surface area contributed by atoms with Crippen LogP contribution in [0.1, 0.15) is 25.6 Å². The van der Waals surface area contributed by atoms with Crippen LogP contribution in [-0.2, 0) is 10.0 Å². The molecule has 0 aliphatic carbocycles. The van der Waals surface area contributed by atoms with Gasteiger partial charge in [0.25, 0.3) is 0 Å². The number of hydrogen-bond donors (Lipinski definition) is 2. The average molecular weight is 423 g/mol. The van der Waals surface area contributed by atoms with Gasteiger partial charge in [-0.05, 0) is 43.9 Å². The number of unbranched alkanes of at least 4 members (excludes halogenated alkanes) is 1. The Labute approximate surface area is 170 Å². The summed E-state index contributed by atoms with van der Waals surface area (Å²) in [7, 11) is -1.90.